The molecule has 2 aromatic rings. The van der Waals surface area contributed by atoms with Gasteiger partial charge in [0.25, 0.3) is 0 Å². The molecule has 2 heterocycles. The molecule has 1 aromatic carbocycles. The van der Waals surface area contributed by atoms with Gasteiger partial charge in [0.2, 0.25) is 0 Å². The molecular formula is C21H31N5O. The highest BCUT2D eigenvalue weighted by Crippen LogP contribution is 2.17. The van der Waals surface area contributed by atoms with Crippen LogP contribution >= 0.6 is 0 Å². The van der Waals surface area contributed by atoms with Crippen molar-refractivity contribution in [3.8, 4) is 0 Å². The van der Waals surface area contributed by atoms with Gasteiger partial charge in [0.05, 0.1) is 12.8 Å². The van der Waals surface area contributed by atoms with Gasteiger partial charge in [0, 0.05) is 45.5 Å². The number of furan rings is 1. The number of rotatable bonds is 7. The van der Waals surface area contributed by atoms with Crippen LogP contribution in [0.15, 0.2) is 52.1 Å². The summed E-state index contributed by atoms with van der Waals surface area (Å²) in [5.74, 6) is 1.72. The van der Waals surface area contributed by atoms with Crippen molar-refractivity contribution in [1.82, 2.24) is 15.5 Å². The standard InChI is InChI=1S/C21H31N5O/c1-18-6-3-7-19(16-18)26-13-11-25(12-14-26)10-5-9-23-21(22-2)24-17-20-8-4-15-27-20/h3-4,6-8,15-16H,5,9-14,17H2,1-2H3,(H2,22,23,24). The first-order chi connectivity index (χ1) is 13.2. The molecule has 0 atom stereocenters. The average molecular weight is 370 g/mol. The van der Waals surface area contributed by atoms with Crippen LogP contribution in [0.4, 0.5) is 5.69 Å². The lowest BCUT2D eigenvalue weighted by molar-refractivity contribution is 0.255. The van der Waals surface area contributed by atoms with Crippen molar-refractivity contribution in [3.63, 3.8) is 0 Å². The molecule has 146 valence electrons. The number of aryl methyl sites for hydroxylation is 1. The zero-order chi connectivity index (χ0) is 18.9. The van der Waals surface area contributed by atoms with E-state index < -0.39 is 0 Å². The van der Waals surface area contributed by atoms with E-state index in [1.165, 1.54) is 11.3 Å². The molecule has 0 radical (unpaired) electrons. The maximum Gasteiger partial charge on any atom is 0.191 e. The van der Waals surface area contributed by atoms with Gasteiger partial charge in [-0.05, 0) is 49.7 Å². The van der Waals surface area contributed by atoms with Crippen LogP contribution in [0.5, 0.6) is 0 Å². The van der Waals surface area contributed by atoms with E-state index in [0.717, 1.165) is 57.4 Å². The first kappa shape index (κ1) is 19.3. The first-order valence-corrected chi connectivity index (χ1v) is 9.75. The predicted octanol–water partition coefficient (Wildman–Crippen LogP) is 2.47. The Kier molecular flexibility index (Phi) is 7.16. The second-order valence-electron chi connectivity index (χ2n) is 6.95. The monoisotopic (exact) mass is 369 g/mol. The van der Waals surface area contributed by atoms with Gasteiger partial charge in [-0.2, -0.15) is 0 Å². The van der Waals surface area contributed by atoms with E-state index in [0.29, 0.717) is 6.54 Å². The third kappa shape index (κ3) is 6.03. The van der Waals surface area contributed by atoms with Gasteiger partial charge >= 0.3 is 0 Å². The highest BCUT2D eigenvalue weighted by Gasteiger charge is 2.16. The summed E-state index contributed by atoms with van der Waals surface area (Å²) >= 11 is 0. The number of nitrogens with one attached hydrogen (secondary N) is 2. The molecule has 27 heavy (non-hydrogen) atoms. The van der Waals surface area contributed by atoms with Gasteiger partial charge in [-0.25, -0.2) is 0 Å². The van der Waals surface area contributed by atoms with Crippen molar-refractivity contribution in [3.05, 3.63) is 54.0 Å². The number of anilines is 1. The summed E-state index contributed by atoms with van der Waals surface area (Å²) in [6, 6.07) is 12.6. The summed E-state index contributed by atoms with van der Waals surface area (Å²) < 4.78 is 5.32. The first-order valence-electron chi connectivity index (χ1n) is 9.75. The van der Waals surface area contributed by atoms with Crippen LogP contribution in [0.2, 0.25) is 0 Å². The molecular weight excluding hydrogens is 338 g/mol. The third-order valence-electron chi connectivity index (χ3n) is 4.92. The Bertz CT molecular complexity index is 705. The molecule has 1 aromatic heterocycles. The predicted molar refractivity (Wildman–Crippen MR) is 111 cm³/mol. The van der Waals surface area contributed by atoms with Gasteiger partial charge in [-0.3, -0.25) is 9.89 Å². The van der Waals surface area contributed by atoms with Crippen molar-refractivity contribution in [1.29, 1.82) is 0 Å². The van der Waals surface area contributed by atoms with Gasteiger partial charge in [-0.15, -0.1) is 0 Å². The molecule has 0 bridgehead atoms. The van der Waals surface area contributed by atoms with Gasteiger partial charge in [0.15, 0.2) is 5.96 Å². The van der Waals surface area contributed by atoms with Gasteiger partial charge < -0.3 is 20.0 Å². The largest absolute Gasteiger partial charge is 0.467 e. The fourth-order valence-electron chi connectivity index (χ4n) is 3.37. The number of aliphatic imine (C=N–C) groups is 1. The highest BCUT2D eigenvalue weighted by molar-refractivity contribution is 5.79. The number of hydrogen-bond donors (Lipinski definition) is 2. The van der Waals surface area contributed by atoms with Crippen molar-refractivity contribution in [2.24, 2.45) is 4.99 Å². The molecule has 6 nitrogen and oxygen atoms in total. The molecule has 1 fully saturated rings. The number of hydrogen-bond acceptors (Lipinski definition) is 4. The fraction of sp³-hybridized carbons (Fsp3) is 0.476. The molecule has 0 aliphatic carbocycles. The van der Waals surface area contributed by atoms with E-state index in [9.17, 15) is 0 Å². The molecule has 0 spiro atoms. The minimum absolute atomic E-state index is 0.646. The maximum atomic E-state index is 5.32. The SMILES string of the molecule is CN=C(NCCCN1CCN(c2cccc(C)c2)CC1)NCc1ccco1. The molecule has 6 heteroatoms. The Balaban J connectivity index is 1.31. The lowest BCUT2D eigenvalue weighted by Crippen LogP contribution is -2.47. The van der Waals surface area contributed by atoms with E-state index in [1.807, 2.05) is 12.1 Å². The zero-order valence-electron chi connectivity index (χ0n) is 16.4. The summed E-state index contributed by atoms with van der Waals surface area (Å²) in [4.78, 5) is 9.29. The van der Waals surface area contributed by atoms with Crippen LogP contribution in [0, 0.1) is 6.92 Å². The number of piperazine rings is 1. The Morgan fingerprint density at radius 2 is 1.96 bits per heavy atom. The van der Waals surface area contributed by atoms with E-state index in [-0.39, 0.29) is 0 Å². The third-order valence-corrected chi connectivity index (χ3v) is 4.92. The second kappa shape index (κ2) is 10.0. The highest BCUT2D eigenvalue weighted by atomic mass is 16.3. The Labute approximate surface area is 162 Å². The van der Waals surface area contributed by atoms with E-state index in [2.05, 4.69) is 56.6 Å². The molecule has 1 aliphatic heterocycles. The van der Waals surface area contributed by atoms with E-state index in [1.54, 1.807) is 13.3 Å². The normalized spacial score (nSPS) is 15.8. The quantitative estimate of drug-likeness (QED) is 0.446. The summed E-state index contributed by atoms with van der Waals surface area (Å²) in [6.07, 6.45) is 2.79. The molecule has 3 rings (SSSR count). The van der Waals surface area contributed by atoms with Crippen LogP contribution < -0.4 is 15.5 Å². The summed E-state index contributed by atoms with van der Waals surface area (Å²) in [5, 5.41) is 6.64. The van der Waals surface area contributed by atoms with Crippen LogP contribution in [-0.4, -0.2) is 57.2 Å². The Hall–Kier alpha value is -2.47. The van der Waals surface area contributed by atoms with Crippen LogP contribution in [0.1, 0.15) is 17.7 Å². The smallest absolute Gasteiger partial charge is 0.191 e. The van der Waals surface area contributed by atoms with E-state index >= 15 is 0 Å². The fourth-order valence-corrected chi connectivity index (χ4v) is 3.37. The molecule has 0 unspecified atom stereocenters. The lowest BCUT2D eigenvalue weighted by Gasteiger charge is -2.36. The van der Waals surface area contributed by atoms with Crippen molar-refractivity contribution < 1.29 is 4.42 Å². The van der Waals surface area contributed by atoms with Crippen molar-refractivity contribution in [2.75, 3.05) is 51.2 Å². The molecule has 0 saturated carbocycles. The second-order valence-corrected chi connectivity index (χ2v) is 6.95. The van der Waals surface area contributed by atoms with Crippen LogP contribution in [-0.2, 0) is 6.54 Å². The average Bonchev–Trinajstić information content (AvgIpc) is 3.21. The molecule has 2 N–H and O–H groups in total. The molecule has 1 saturated heterocycles. The topological polar surface area (TPSA) is 56.0 Å². The minimum Gasteiger partial charge on any atom is -0.467 e. The van der Waals surface area contributed by atoms with Crippen LogP contribution in [0.3, 0.4) is 0 Å². The molecule has 1 aliphatic rings. The summed E-state index contributed by atoms with van der Waals surface area (Å²) in [7, 11) is 1.79. The maximum absolute atomic E-state index is 5.32. The Morgan fingerprint density at radius 3 is 2.67 bits per heavy atom. The van der Waals surface area contributed by atoms with Crippen molar-refractivity contribution >= 4 is 11.6 Å². The van der Waals surface area contributed by atoms with Crippen molar-refractivity contribution in [2.45, 2.75) is 19.9 Å². The summed E-state index contributed by atoms with van der Waals surface area (Å²) in [6.45, 7) is 9.28. The minimum atomic E-state index is 0.646. The van der Waals surface area contributed by atoms with Gasteiger partial charge in [0.1, 0.15) is 5.76 Å². The van der Waals surface area contributed by atoms with E-state index in [4.69, 9.17) is 4.42 Å². The number of guanidine groups is 1. The lowest BCUT2D eigenvalue weighted by atomic mass is 10.2. The van der Waals surface area contributed by atoms with Crippen LogP contribution in [0.25, 0.3) is 0 Å². The molecule has 0 amide bonds. The Morgan fingerprint density at radius 1 is 1.11 bits per heavy atom. The summed E-state index contributed by atoms with van der Waals surface area (Å²) in [5.41, 5.74) is 2.68. The number of benzene rings is 1. The zero-order valence-corrected chi connectivity index (χ0v) is 16.4. The van der Waals surface area contributed by atoms with Gasteiger partial charge in [-0.1, -0.05) is 12.1 Å². The number of nitrogens with zero attached hydrogens (tertiary/aromatic N) is 3.